The molecular formula is C38H50FN9O2. The maximum absolute atomic E-state index is 14.6. The first-order chi connectivity index (χ1) is 24.2. The minimum atomic E-state index is -0.346. The molecule has 8 rings (SSSR count). The summed E-state index contributed by atoms with van der Waals surface area (Å²) >= 11 is 0. The molecule has 0 N–H and O–H groups in total. The number of piperidine rings is 1. The Kier molecular flexibility index (Phi) is 8.95. The van der Waals surface area contributed by atoms with Gasteiger partial charge < -0.3 is 19.4 Å². The summed E-state index contributed by atoms with van der Waals surface area (Å²) in [7, 11) is 3.74. The molecule has 1 unspecified atom stereocenters. The van der Waals surface area contributed by atoms with Crippen LogP contribution in [-0.2, 0) is 4.79 Å². The Morgan fingerprint density at radius 2 is 1.78 bits per heavy atom. The van der Waals surface area contributed by atoms with E-state index in [1.54, 1.807) is 23.5 Å². The SMILES string of the molecule is CC(C)C(C1CC(N2CCC(C(=O)N(C)C)CC2)C1)N1CC2(CCN(c3ncnnc3Oc3ccc(F)cc3-c3cncnc3C3CC3)C2)C1. The minimum Gasteiger partial charge on any atom is -0.434 e. The zero-order chi connectivity index (χ0) is 34.6. The third-order valence-electron chi connectivity index (χ3n) is 12.1. The van der Waals surface area contributed by atoms with E-state index < -0.39 is 0 Å². The third-order valence-corrected chi connectivity index (χ3v) is 12.1. The smallest absolute Gasteiger partial charge is 0.282 e. The number of carbonyl (C=O) groups excluding carboxylic acids is 1. The number of likely N-dealkylation sites (tertiary alicyclic amines) is 2. The van der Waals surface area contributed by atoms with Gasteiger partial charge in [0, 0.05) is 86.9 Å². The van der Waals surface area contributed by atoms with Crippen LogP contribution in [0.1, 0.15) is 70.4 Å². The number of ether oxygens (including phenoxy) is 1. The molecule has 1 amide bonds. The standard InChI is InChI=1S/C38H50FN9O2/c1-24(2)34(27-15-29(16-27)46-12-9-26(10-13-46)37(49)45(3)4)48-20-38(21-48)11-14-47(19-38)35-36(44-43-23-42-35)50-32-8-7-28(39)17-30(32)31-18-40-22-41-33(31)25-5-6-25/h7-8,17-18,22-27,29,34H,5-6,9-16,19-21H2,1-4H3. The van der Waals surface area contributed by atoms with E-state index in [1.165, 1.54) is 31.3 Å². The quantitative estimate of drug-likeness (QED) is 0.282. The van der Waals surface area contributed by atoms with E-state index in [2.05, 4.69) is 53.7 Å². The second kappa shape index (κ2) is 13.4. The molecule has 5 fully saturated rings. The molecule has 50 heavy (non-hydrogen) atoms. The molecule has 3 aliphatic heterocycles. The van der Waals surface area contributed by atoms with E-state index in [0.717, 1.165) is 88.5 Å². The molecule has 2 aromatic heterocycles. The summed E-state index contributed by atoms with van der Waals surface area (Å²) < 4.78 is 21.0. The predicted molar refractivity (Wildman–Crippen MR) is 188 cm³/mol. The Labute approximate surface area is 294 Å². The first-order valence-corrected chi connectivity index (χ1v) is 18.6. The van der Waals surface area contributed by atoms with Crippen molar-refractivity contribution in [3.8, 4) is 22.8 Å². The van der Waals surface area contributed by atoms with E-state index in [9.17, 15) is 9.18 Å². The first kappa shape index (κ1) is 33.4. The summed E-state index contributed by atoms with van der Waals surface area (Å²) in [5, 5.41) is 8.44. The molecule has 5 heterocycles. The average Bonchev–Trinajstić information content (AvgIpc) is 3.84. The lowest BCUT2D eigenvalue weighted by Gasteiger charge is -2.58. The van der Waals surface area contributed by atoms with E-state index in [-0.39, 0.29) is 23.1 Å². The maximum Gasteiger partial charge on any atom is 0.282 e. The largest absolute Gasteiger partial charge is 0.434 e. The first-order valence-electron chi connectivity index (χ1n) is 18.6. The Morgan fingerprint density at radius 1 is 1.00 bits per heavy atom. The second-order valence-corrected chi connectivity index (χ2v) is 16.2. The molecule has 5 aliphatic rings. The van der Waals surface area contributed by atoms with Gasteiger partial charge >= 0.3 is 0 Å². The van der Waals surface area contributed by atoms with Crippen molar-refractivity contribution >= 4 is 11.7 Å². The highest BCUT2D eigenvalue weighted by Gasteiger charge is 2.53. The molecule has 0 bridgehead atoms. The van der Waals surface area contributed by atoms with Crippen LogP contribution in [0, 0.1) is 29.0 Å². The summed E-state index contributed by atoms with van der Waals surface area (Å²) in [6.45, 7) is 10.8. The number of anilines is 1. The highest BCUT2D eigenvalue weighted by molar-refractivity contribution is 5.78. The number of nitrogens with zero attached hydrogens (tertiary/aromatic N) is 9. The summed E-state index contributed by atoms with van der Waals surface area (Å²) in [6.07, 6.45) is 12.5. The molecule has 3 aromatic rings. The van der Waals surface area contributed by atoms with E-state index >= 15 is 0 Å². The number of benzene rings is 1. The van der Waals surface area contributed by atoms with Crippen molar-refractivity contribution in [1.29, 1.82) is 0 Å². The van der Waals surface area contributed by atoms with Crippen LogP contribution in [0.5, 0.6) is 11.6 Å². The lowest BCUT2D eigenvalue weighted by Crippen LogP contribution is -2.65. The highest BCUT2D eigenvalue weighted by atomic mass is 19.1. The van der Waals surface area contributed by atoms with Gasteiger partial charge in [0.05, 0.1) is 5.69 Å². The van der Waals surface area contributed by atoms with E-state index in [0.29, 0.717) is 46.9 Å². The van der Waals surface area contributed by atoms with E-state index in [4.69, 9.17) is 4.74 Å². The van der Waals surface area contributed by atoms with Crippen molar-refractivity contribution in [3.05, 3.63) is 48.6 Å². The Morgan fingerprint density at radius 3 is 2.50 bits per heavy atom. The minimum absolute atomic E-state index is 0.189. The van der Waals surface area contributed by atoms with Crippen LogP contribution < -0.4 is 9.64 Å². The van der Waals surface area contributed by atoms with Crippen molar-refractivity contribution in [1.82, 2.24) is 39.8 Å². The number of hydrogen-bond donors (Lipinski definition) is 0. The van der Waals surface area contributed by atoms with Crippen molar-refractivity contribution in [2.75, 3.05) is 58.3 Å². The summed E-state index contributed by atoms with van der Waals surface area (Å²) in [5.74, 6) is 3.32. The molecule has 0 radical (unpaired) electrons. The van der Waals surface area contributed by atoms with Gasteiger partial charge in [-0.1, -0.05) is 13.8 Å². The lowest BCUT2D eigenvalue weighted by molar-refractivity contribution is -0.135. The van der Waals surface area contributed by atoms with Crippen molar-refractivity contribution in [2.45, 2.75) is 76.8 Å². The predicted octanol–water partition coefficient (Wildman–Crippen LogP) is 5.25. The van der Waals surface area contributed by atoms with Crippen LogP contribution >= 0.6 is 0 Å². The van der Waals surface area contributed by atoms with Gasteiger partial charge in [0.25, 0.3) is 5.88 Å². The van der Waals surface area contributed by atoms with Crippen LogP contribution in [0.3, 0.4) is 0 Å². The molecule has 1 spiro atoms. The fourth-order valence-electron chi connectivity index (χ4n) is 9.42. The van der Waals surface area contributed by atoms with Crippen LogP contribution in [0.4, 0.5) is 10.2 Å². The topological polar surface area (TPSA) is 104 Å². The highest BCUT2D eigenvalue weighted by Crippen LogP contribution is 2.49. The van der Waals surface area contributed by atoms with Crippen LogP contribution in [0.15, 0.2) is 37.1 Å². The molecule has 1 aromatic carbocycles. The number of rotatable bonds is 10. The molecule has 1 atom stereocenters. The van der Waals surface area contributed by atoms with Gasteiger partial charge in [0.2, 0.25) is 5.91 Å². The monoisotopic (exact) mass is 683 g/mol. The lowest BCUT2D eigenvalue weighted by atomic mass is 9.67. The Hall–Kier alpha value is -3.77. The van der Waals surface area contributed by atoms with Crippen LogP contribution in [-0.4, -0.2) is 111 Å². The molecule has 2 saturated carbocycles. The number of amides is 1. The van der Waals surface area contributed by atoms with Gasteiger partial charge in [0.15, 0.2) is 5.82 Å². The van der Waals surface area contributed by atoms with Crippen LogP contribution in [0.2, 0.25) is 0 Å². The number of hydrogen-bond acceptors (Lipinski definition) is 10. The normalized spacial score (nSPS) is 24.6. The molecule has 266 valence electrons. The van der Waals surface area contributed by atoms with Crippen LogP contribution in [0.25, 0.3) is 11.1 Å². The van der Waals surface area contributed by atoms with Gasteiger partial charge in [-0.05, 0) is 88.1 Å². The zero-order valence-electron chi connectivity index (χ0n) is 29.8. The summed E-state index contributed by atoms with van der Waals surface area (Å²) in [6, 6.07) is 5.80. The molecule has 12 heteroatoms. The fraction of sp³-hybridized carbons (Fsp3) is 0.632. The van der Waals surface area contributed by atoms with Gasteiger partial charge in [-0.2, -0.15) is 0 Å². The van der Waals surface area contributed by atoms with Crippen molar-refractivity contribution in [2.24, 2.45) is 23.2 Å². The van der Waals surface area contributed by atoms with Gasteiger partial charge in [-0.25, -0.2) is 19.3 Å². The van der Waals surface area contributed by atoms with Gasteiger partial charge in [-0.15, -0.1) is 10.2 Å². The average molecular weight is 684 g/mol. The summed E-state index contributed by atoms with van der Waals surface area (Å²) in [5.41, 5.74) is 2.55. The molecule has 3 saturated heterocycles. The second-order valence-electron chi connectivity index (χ2n) is 16.2. The Balaban J connectivity index is 0.903. The van der Waals surface area contributed by atoms with Gasteiger partial charge in [0.1, 0.15) is 24.2 Å². The van der Waals surface area contributed by atoms with Crippen molar-refractivity contribution in [3.63, 3.8) is 0 Å². The Bertz CT molecular complexity index is 1700. The van der Waals surface area contributed by atoms with E-state index in [1.807, 2.05) is 14.1 Å². The fourth-order valence-corrected chi connectivity index (χ4v) is 9.42. The summed E-state index contributed by atoms with van der Waals surface area (Å²) in [4.78, 5) is 35.4. The number of aromatic nitrogens is 5. The van der Waals surface area contributed by atoms with Gasteiger partial charge in [-0.3, -0.25) is 9.69 Å². The molecule has 2 aliphatic carbocycles. The molecular weight excluding hydrogens is 633 g/mol. The zero-order valence-corrected chi connectivity index (χ0v) is 29.8. The number of carbonyl (C=O) groups is 1. The third kappa shape index (κ3) is 6.45. The number of halogens is 1. The molecule has 11 nitrogen and oxygen atoms in total. The van der Waals surface area contributed by atoms with Crippen molar-refractivity contribution < 1.29 is 13.9 Å². The maximum atomic E-state index is 14.6.